The highest BCUT2D eigenvalue weighted by Crippen LogP contribution is 2.02. The molecule has 0 radical (unpaired) electrons. The normalized spacial score (nSPS) is 15.3. The van der Waals surface area contributed by atoms with Gasteiger partial charge >= 0.3 is 0 Å². The number of nitrogens with zero attached hydrogens (tertiary/aromatic N) is 2. The highest BCUT2D eigenvalue weighted by atomic mass is 16.5. The molecular formula is C15H22N4O3. The van der Waals surface area contributed by atoms with Crippen LogP contribution in [0.1, 0.15) is 23.0 Å². The van der Waals surface area contributed by atoms with Gasteiger partial charge in [0.2, 0.25) is 5.91 Å². The maximum Gasteiger partial charge on any atom is 0.251 e. The fourth-order valence-corrected chi connectivity index (χ4v) is 2.19. The van der Waals surface area contributed by atoms with Gasteiger partial charge in [0.1, 0.15) is 0 Å². The van der Waals surface area contributed by atoms with Gasteiger partial charge in [-0.15, -0.1) is 0 Å². The molecule has 7 heteroatoms. The van der Waals surface area contributed by atoms with Crippen LogP contribution in [0.15, 0.2) is 18.3 Å². The van der Waals surface area contributed by atoms with Crippen molar-refractivity contribution >= 4 is 11.8 Å². The second-order valence-electron chi connectivity index (χ2n) is 5.16. The molecule has 120 valence electrons. The third kappa shape index (κ3) is 5.42. The van der Waals surface area contributed by atoms with Crippen molar-refractivity contribution in [3.8, 4) is 0 Å². The number of carbonyl (C=O) groups excluding carboxylic acids is 2. The number of morpholine rings is 1. The van der Waals surface area contributed by atoms with Crippen LogP contribution in [-0.4, -0.2) is 61.1 Å². The summed E-state index contributed by atoms with van der Waals surface area (Å²) in [7, 11) is 0. The number of amides is 2. The zero-order chi connectivity index (χ0) is 15.8. The third-order valence-corrected chi connectivity index (χ3v) is 3.41. The lowest BCUT2D eigenvalue weighted by Crippen LogP contribution is -2.41. The number of hydrogen-bond donors (Lipinski definition) is 2. The van der Waals surface area contributed by atoms with Crippen molar-refractivity contribution in [2.75, 3.05) is 39.4 Å². The number of hydrogen-bond acceptors (Lipinski definition) is 5. The molecule has 0 unspecified atom stereocenters. The van der Waals surface area contributed by atoms with Gasteiger partial charge in [-0.1, -0.05) is 0 Å². The molecule has 7 nitrogen and oxygen atoms in total. The number of aromatic nitrogens is 1. The van der Waals surface area contributed by atoms with Crippen molar-refractivity contribution in [1.29, 1.82) is 0 Å². The molecule has 1 saturated heterocycles. The van der Waals surface area contributed by atoms with E-state index in [0.717, 1.165) is 32.8 Å². The summed E-state index contributed by atoms with van der Waals surface area (Å²) < 4.78 is 5.28. The lowest BCUT2D eigenvalue weighted by atomic mass is 10.2. The lowest BCUT2D eigenvalue weighted by molar-refractivity contribution is -0.119. The molecular weight excluding hydrogens is 284 g/mol. The second-order valence-corrected chi connectivity index (χ2v) is 5.16. The number of nitrogens with one attached hydrogen (secondary N) is 2. The Bertz CT molecular complexity index is 515. The Morgan fingerprint density at radius 2 is 2.09 bits per heavy atom. The molecule has 22 heavy (non-hydrogen) atoms. The van der Waals surface area contributed by atoms with Gasteiger partial charge in [0.05, 0.1) is 25.5 Å². The molecule has 1 aromatic heterocycles. The van der Waals surface area contributed by atoms with E-state index in [1.807, 2.05) is 0 Å². The van der Waals surface area contributed by atoms with Gasteiger partial charge in [0.15, 0.2) is 0 Å². The fraction of sp³-hybridized carbons (Fsp3) is 0.533. The minimum absolute atomic E-state index is 0.123. The summed E-state index contributed by atoms with van der Waals surface area (Å²) in [5, 5.41) is 5.56. The minimum Gasteiger partial charge on any atom is -0.379 e. The quantitative estimate of drug-likeness (QED) is 0.759. The van der Waals surface area contributed by atoms with Crippen molar-refractivity contribution in [3.63, 3.8) is 0 Å². The monoisotopic (exact) mass is 306 g/mol. The molecule has 0 aliphatic carbocycles. The molecule has 2 rings (SSSR count). The molecule has 0 atom stereocenters. The summed E-state index contributed by atoms with van der Waals surface area (Å²) in [4.78, 5) is 29.4. The molecule has 0 spiro atoms. The Labute approximate surface area is 130 Å². The van der Waals surface area contributed by atoms with Gasteiger partial charge in [0.25, 0.3) is 5.91 Å². The Balaban J connectivity index is 1.78. The van der Waals surface area contributed by atoms with E-state index in [1.165, 1.54) is 6.92 Å². The van der Waals surface area contributed by atoms with E-state index in [1.54, 1.807) is 18.3 Å². The number of carbonyl (C=O) groups is 2. The molecule has 2 N–H and O–H groups in total. The predicted octanol–water partition coefficient (Wildman–Crippen LogP) is -0.220. The number of rotatable bonds is 6. The fourth-order valence-electron chi connectivity index (χ4n) is 2.19. The van der Waals surface area contributed by atoms with Gasteiger partial charge in [-0.25, -0.2) is 0 Å². The first kappa shape index (κ1) is 16.4. The summed E-state index contributed by atoms with van der Waals surface area (Å²) in [6, 6.07) is 3.36. The number of pyridine rings is 1. The molecule has 1 fully saturated rings. The van der Waals surface area contributed by atoms with Gasteiger partial charge in [-0.2, -0.15) is 0 Å². The average Bonchev–Trinajstić information content (AvgIpc) is 2.54. The first-order chi connectivity index (χ1) is 10.6. The van der Waals surface area contributed by atoms with E-state index in [0.29, 0.717) is 24.3 Å². The zero-order valence-corrected chi connectivity index (χ0v) is 12.8. The van der Waals surface area contributed by atoms with Crippen LogP contribution in [0.5, 0.6) is 0 Å². The van der Waals surface area contributed by atoms with E-state index in [4.69, 9.17) is 4.74 Å². The standard InChI is InChI=1S/C15H22N4O3/c1-12(20)18-11-14-10-13(2-3-16-14)15(21)17-4-5-19-6-8-22-9-7-19/h2-3,10H,4-9,11H2,1H3,(H,17,21)(H,18,20). The average molecular weight is 306 g/mol. The van der Waals surface area contributed by atoms with Crippen molar-refractivity contribution in [2.24, 2.45) is 0 Å². The maximum absolute atomic E-state index is 12.1. The van der Waals surface area contributed by atoms with E-state index in [-0.39, 0.29) is 11.8 Å². The topological polar surface area (TPSA) is 83.6 Å². The van der Waals surface area contributed by atoms with Crippen LogP contribution in [0.2, 0.25) is 0 Å². The minimum atomic E-state index is -0.125. The van der Waals surface area contributed by atoms with Crippen molar-refractivity contribution in [2.45, 2.75) is 13.5 Å². The molecule has 1 aliphatic heterocycles. The summed E-state index contributed by atoms with van der Waals surface area (Å²) in [5.74, 6) is -0.248. The zero-order valence-electron chi connectivity index (χ0n) is 12.8. The molecule has 2 heterocycles. The van der Waals surface area contributed by atoms with E-state index in [9.17, 15) is 9.59 Å². The van der Waals surface area contributed by atoms with Crippen molar-refractivity contribution in [3.05, 3.63) is 29.6 Å². The van der Waals surface area contributed by atoms with E-state index in [2.05, 4.69) is 20.5 Å². The highest BCUT2D eigenvalue weighted by Gasteiger charge is 2.11. The molecule has 0 bridgehead atoms. The van der Waals surface area contributed by atoms with Gasteiger partial charge in [-0.05, 0) is 12.1 Å². The van der Waals surface area contributed by atoms with Crippen molar-refractivity contribution in [1.82, 2.24) is 20.5 Å². The Morgan fingerprint density at radius 3 is 2.82 bits per heavy atom. The van der Waals surface area contributed by atoms with Crippen LogP contribution in [0.4, 0.5) is 0 Å². The van der Waals surface area contributed by atoms with Crippen LogP contribution in [0, 0.1) is 0 Å². The van der Waals surface area contributed by atoms with E-state index < -0.39 is 0 Å². The van der Waals surface area contributed by atoms with Gasteiger partial charge in [-0.3, -0.25) is 19.5 Å². The lowest BCUT2D eigenvalue weighted by Gasteiger charge is -2.26. The second kappa shape index (κ2) is 8.45. The molecule has 0 saturated carbocycles. The molecule has 0 aromatic carbocycles. The molecule has 2 amide bonds. The van der Waals surface area contributed by atoms with Crippen LogP contribution in [0.25, 0.3) is 0 Å². The summed E-state index contributed by atoms with van der Waals surface area (Å²) in [6.07, 6.45) is 1.58. The molecule has 1 aromatic rings. The molecule has 1 aliphatic rings. The Kier molecular flexibility index (Phi) is 6.29. The highest BCUT2D eigenvalue weighted by molar-refractivity contribution is 5.94. The first-order valence-electron chi connectivity index (χ1n) is 7.43. The van der Waals surface area contributed by atoms with Gasteiger partial charge in [0, 0.05) is 44.9 Å². The number of ether oxygens (including phenoxy) is 1. The Morgan fingerprint density at radius 1 is 1.32 bits per heavy atom. The maximum atomic E-state index is 12.1. The smallest absolute Gasteiger partial charge is 0.251 e. The van der Waals surface area contributed by atoms with Crippen LogP contribution in [0.3, 0.4) is 0 Å². The van der Waals surface area contributed by atoms with Crippen LogP contribution in [-0.2, 0) is 16.1 Å². The van der Waals surface area contributed by atoms with Crippen molar-refractivity contribution < 1.29 is 14.3 Å². The summed E-state index contributed by atoms with van der Waals surface area (Å²) in [5.41, 5.74) is 1.22. The Hall–Kier alpha value is -1.99. The third-order valence-electron chi connectivity index (χ3n) is 3.41. The summed E-state index contributed by atoms with van der Waals surface area (Å²) in [6.45, 7) is 6.52. The largest absolute Gasteiger partial charge is 0.379 e. The van der Waals surface area contributed by atoms with E-state index >= 15 is 0 Å². The first-order valence-corrected chi connectivity index (χ1v) is 7.43. The van der Waals surface area contributed by atoms with Crippen LogP contribution >= 0.6 is 0 Å². The van der Waals surface area contributed by atoms with Crippen LogP contribution < -0.4 is 10.6 Å². The SMILES string of the molecule is CC(=O)NCc1cc(C(=O)NCCN2CCOCC2)ccn1. The van der Waals surface area contributed by atoms with Gasteiger partial charge < -0.3 is 15.4 Å². The predicted molar refractivity (Wildman–Crippen MR) is 81.3 cm³/mol. The summed E-state index contributed by atoms with van der Waals surface area (Å²) >= 11 is 0.